The highest BCUT2D eigenvalue weighted by atomic mass is 16.3. The SMILES string of the molecule is CCCCC(O)(CCCC)[C@@H]1CCCN1C. The van der Waals surface area contributed by atoms with Crippen molar-refractivity contribution in [1.29, 1.82) is 0 Å². The van der Waals surface area contributed by atoms with Crippen LogP contribution in [0.3, 0.4) is 0 Å². The minimum Gasteiger partial charge on any atom is -0.388 e. The number of unbranched alkanes of at least 4 members (excludes halogenated alkanes) is 2. The summed E-state index contributed by atoms with van der Waals surface area (Å²) in [6, 6.07) is 0.408. The van der Waals surface area contributed by atoms with E-state index >= 15 is 0 Å². The molecule has 0 spiro atoms. The molecule has 1 aliphatic heterocycles. The summed E-state index contributed by atoms with van der Waals surface area (Å²) in [4.78, 5) is 2.37. The van der Waals surface area contributed by atoms with Crippen LogP contribution in [-0.2, 0) is 0 Å². The van der Waals surface area contributed by atoms with Crippen molar-refractivity contribution < 1.29 is 5.11 Å². The largest absolute Gasteiger partial charge is 0.388 e. The lowest BCUT2D eigenvalue weighted by Crippen LogP contribution is -2.48. The molecular formula is C14H29NO. The Morgan fingerprint density at radius 1 is 1.19 bits per heavy atom. The predicted octanol–water partition coefficient (Wildman–Crippen LogP) is 3.19. The molecule has 1 fully saturated rings. The Morgan fingerprint density at radius 3 is 2.12 bits per heavy atom. The van der Waals surface area contributed by atoms with Gasteiger partial charge in [0, 0.05) is 6.04 Å². The van der Waals surface area contributed by atoms with Gasteiger partial charge in [-0.05, 0) is 39.3 Å². The zero-order valence-electron chi connectivity index (χ0n) is 11.3. The van der Waals surface area contributed by atoms with Crippen molar-refractivity contribution in [3.8, 4) is 0 Å². The van der Waals surface area contributed by atoms with Crippen LogP contribution in [0.25, 0.3) is 0 Å². The molecule has 1 N–H and O–H groups in total. The molecule has 0 amide bonds. The zero-order valence-corrected chi connectivity index (χ0v) is 11.3. The molecule has 16 heavy (non-hydrogen) atoms. The van der Waals surface area contributed by atoms with Crippen molar-refractivity contribution in [3.63, 3.8) is 0 Å². The van der Waals surface area contributed by atoms with Crippen molar-refractivity contribution in [3.05, 3.63) is 0 Å². The van der Waals surface area contributed by atoms with Gasteiger partial charge in [-0.3, -0.25) is 0 Å². The molecule has 0 aromatic rings. The predicted molar refractivity (Wildman–Crippen MR) is 69.7 cm³/mol. The molecule has 0 aromatic carbocycles. The smallest absolute Gasteiger partial charge is 0.0802 e. The lowest BCUT2D eigenvalue weighted by Gasteiger charge is -2.38. The third-order valence-electron chi connectivity index (χ3n) is 4.07. The zero-order chi connectivity index (χ0) is 12.0. The van der Waals surface area contributed by atoms with E-state index in [1.807, 2.05) is 0 Å². The molecule has 0 bridgehead atoms. The fourth-order valence-electron chi connectivity index (χ4n) is 3.01. The number of likely N-dealkylation sites (N-methyl/N-ethyl adjacent to an activating group) is 1. The molecule has 0 aromatic heterocycles. The standard InChI is InChI=1S/C14H29NO/c1-4-6-10-14(16,11-7-5-2)13-9-8-12-15(13)3/h13,16H,4-12H2,1-3H3/t13-/m0/s1. The van der Waals surface area contributed by atoms with Gasteiger partial charge in [0.15, 0.2) is 0 Å². The normalized spacial score (nSPS) is 22.9. The van der Waals surface area contributed by atoms with E-state index in [0.29, 0.717) is 6.04 Å². The van der Waals surface area contributed by atoms with Crippen LogP contribution in [0.5, 0.6) is 0 Å². The van der Waals surface area contributed by atoms with Gasteiger partial charge in [0.25, 0.3) is 0 Å². The first-order chi connectivity index (χ1) is 7.64. The Morgan fingerprint density at radius 2 is 1.75 bits per heavy atom. The number of aliphatic hydroxyl groups is 1. The van der Waals surface area contributed by atoms with Gasteiger partial charge in [0.2, 0.25) is 0 Å². The Kier molecular flexibility index (Phi) is 5.77. The maximum absolute atomic E-state index is 10.9. The van der Waals surface area contributed by atoms with Gasteiger partial charge < -0.3 is 10.0 Å². The van der Waals surface area contributed by atoms with Crippen molar-refractivity contribution in [1.82, 2.24) is 4.90 Å². The van der Waals surface area contributed by atoms with E-state index in [1.165, 1.54) is 25.7 Å². The van der Waals surface area contributed by atoms with E-state index in [1.54, 1.807) is 0 Å². The van der Waals surface area contributed by atoms with Gasteiger partial charge in [0.1, 0.15) is 0 Å². The molecule has 0 saturated carbocycles. The Balaban J connectivity index is 2.60. The second-order valence-electron chi connectivity index (χ2n) is 5.45. The van der Waals surface area contributed by atoms with Crippen molar-refractivity contribution in [2.24, 2.45) is 0 Å². The van der Waals surface area contributed by atoms with Crippen LogP contribution < -0.4 is 0 Å². The van der Waals surface area contributed by atoms with E-state index < -0.39 is 5.60 Å². The van der Waals surface area contributed by atoms with Crippen molar-refractivity contribution in [2.45, 2.75) is 76.9 Å². The average molecular weight is 227 g/mol. The Labute approximate surface area is 101 Å². The molecule has 1 aliphatic rings. The molecule has 0 aliphatic carbocycles. The van der Waals surface area contributed by atoms with Crippen LogP contribution in [0.4, 0.5) is 0 Å². The minimum absolute atomic E-state index is 0.408. The summed E-state index contributed by atoms with van der Waals surface area (Å²) in [7, 11) is 2.17. The van der Waals surface area contributed by atoms with Crippen LogP contribution in [0.2, 0.25) is 0 Å². The second-order valence-corrected chi connectivity index (χ2v) is 5.45. The summed E-state index contributed by atoms with van der Waals surface area (Å²) in [5.41, 5.74) is -0.419. The first kappa shape index (κ1) is 14.0. The number of nitrogens with zero attached hydrogens (tertiary/aromatic N) is 1. The summed E-state index contributed by atoms with van der Waals surface area (Å²) in [6.45, 7) is 5.57. The fraction of sp³-hybridized carbons (Fsp3) is 1.00. The summed E-state index contributed by atoms with van der Waals surface area (Å²) < 4.78 is 0. The van der Waals surface area contributed by atoms with Crippen LogP contribution >= 0.6 is 0 Å². The molecule has 0 radical (unpaired) electrons. The lowest BCUT2D eigenvalue weighted by atomic mass is 9.83. The fourth-order valence-corrected chi connectivity index (χ4v) is 3.01. The molecule has 1 rings (SSSR count). The quantitative estimate of drug-likeness (QED) is 0.722. The molecular weight excluding hydrogens is 198 g/mol. The monoisotopic (exact) mass is 227 g/mol. The van der Waals surface area contributed by atoms with E-state index in [2.05, 4.69) is 25.8 Å². The topological polar surface area (TPSA) is 23.5 Å². The van der Waals surface area contributed by atoms with E-state index in [-0.39, 0.29) is 0 Å². The van der Waals surface area contributed by atoms with Gasteiger partial charge in [-0.2, -0.15) is 0 Å². The number of hydrogen-bond donors (Lipinski definition) is 1. The van der Waals surface area contributed by atoms with E-state index in [4.69, 9.17) is 0 Å². The van der Waals surface area contributed by atoms with Crippen molar-refractivity contribution >= 4 is 0 Å². The van der Waals surface area contributed by atoms with Crippen molar-refractivity contribution in [2.75, 3.05) is 13.6 Å². The summed E-state index contributed by atoms with van der Waals surface area (Å²) >= 11 is 0. The molecule has 1 atom stereocenters. The van der Waals surface area contributed by atoms with Gasteiger partial charge in [-0.25, -0.2) is 0 Å². The minimum atomic E-state index is -0.419. The molecule has 2 heteroatoms. The van der Waals surface area contributed by atoms with E-state index in [9.17, 15) is 5.11 Å². The van der Waals surface area contributed by atoms with Crippen LogP contribution in [0.1, 0.15) is 65.2 Å². The maximum atomic E-state index is 10.9. The third-order valence-corrected chi connectivity index (χ3v) is 4.07. The maximum Gasteiger partial charge on any atom is 0.0802 e. The number of rotatable bonds is 7. The summed E-state index contributed by atoms with van der Waals surface area (Å²) in [5, 5.41) is 10.9. The lowest BCUT2D eigenvalue weighted by molar-refractivity contribution is -0.0433. The first-order valence-corrected chi connectivity index (χ1v) is 7.06. The average Bonchev–Trinajstić information content (AvgIpc) is 2.71. The second kappa shape index (κ2) is 6.61. The Hall–Kier alpha value is -0.0800. The highest BCUT2D eigenvalue weighted by Crippen LogP contribution is 2.33. The summed E-state index contributed by atoms with van der Waals surface area (Å²) in [5.74, 6) is 0. The summed E-state index contributed by atoms with van der Waals surface area (Å²) in [6.07, 6.45) is 9.09. The molecule has 1 heterocycles. The van der Waals surface area contributed by atoms with Crippen LogP contribution in [0, 0.1) is 0 Å². The van der Waals surface area contributed by atoms with Crippen LogP contribution in [0.15, 0.2) is 0 Å². The number of likely N-dealkylation sites (tertiary alicyclic amines) is 1. The Bertz CT molecular complexity index is 185. The highest BCUT2D eigenvalue weighted by Gasteiger charge is 2.39. The highest BCUT2D eigenvalue weighted by molar-refractivity contribution is 4.95. The third kappa shape index (κ3) is 3.46. The molecule has 1 saturated heterocycles. The van der Waals surface area contributed by atoms with E-state index in [0.717, 1.165) is 32.2 Å². The molecule has 96 valence electrons. The first-order valence-electron chi connectivity index (χ1n) is 7.06. The van der Waals surface area contributed by atoms with Gasteiger partial charge >= 0.3 is 0 Å². The van der Waals surface area contributed by atoms with Gasteiger partial charge in [-0.1, -0.05) is 39.5 Å². The number of hydrogen-bond acceptors (Lipinski definition) is 2. The van der Waals surface area contributed by atoms with Crippen LogP contribution in [-0.4, -0.2) is 35.2 Å². The van der Waals surface area contributed by atoms with Gasteiger partial charge in [0.05, 0.1) is 5.60 Å². The van der Waals surface area contributed by atoms with Gasteiger partial charge in [-0.15, -0.1) is 0 Å². The molecule has 0 unspecified atom stereocenters. The molecule has 2 nitrogen and oxygen atoms in total.